The summed E-state index contributed by atoms with van der Waals surface area (Å²) in [5.41, 5.74) is 1.06. The van der Waals surface area contributed by atoms with Gasteiger partial charge in [0.05, 0.1) is 18.0 Å². The molecular formula is C26H40N2O5Si. The van der Waals surface area contributed by atoms with Crippen molar-refractivity contribution in [2.24, 2.45) is 7.05 Å². The number of fused-ring (bicyclic) bond motifs is 3. The number of aromatic nitrogens is 1. The summed E-state index contributed by atoms with van der Waals surface area (Å²) >= 11 is 0. The molecule has 0 radical (unpaired) electrons. The molecule has 0 fully saturated rings. The quantitative estimate of drug-likeness (QED) is 0.370. The molecule has 3 rings (SSSR count). The highest BCUT2D eigenvalue weighted by Gasteiger charge is 2.43. The lowest BCUT2D eigenvalue weighted by Crippen LogP contribution is -2.44. The van der Waals surface area contributed by atoms with Crippen molar-refractivity contribution in [3.05, 3.63) is 23.8 Å². The van der Waals surface area contributed by atoms with Crippen LogP contribution in [0.25, 0.3) is 10.9 Å². The number of hydrogen-bond donors (Lipinski definition) is 0. The van der Waals surface area contributed by atoms with Gasteiger partial charge in [-0.15, -0.1) is 0 Å². The van der Waals surface area contributed by atoms with Crippen molar-refractivity contribution in [2.75, 3.05) is 18.1 Å². The van der Waals surface area contributed by atoms with E-state index in [4.69, 9.17) is 13.9 Å². The maximum absolute atomic E-state index is 13.2. The summed E-state index contributed by atoms with van der Waals surface area (Å²) in [4.78, 5) is 27.9. The number of benzene rings is 1. The van der Waals surface area contributed by atoms with Gasteiger partial charge in [0.15, 0.2) is 0 Å². The van der Waals surface area contributed by atoms with Crippen LogP contribution >= 0.6 is 0 Å². The Labute approximate surface area is 204 Å². The van der Waals surface area contributed by atoms with E-state index in [0.717, 1.165) is 22.2 Å². The molecule has 1 amide bonds. The van der Waals surface area contributed by atoms with Gasteiger partial charge in [0, 0.05) is 24.5 Å². The van der Waals surface area contributed by atoms with E-state index >= 15 is 0 Å². The Morgan fingerprint density at radius 2 is 1.76 bits per heavy atom. The first-order valence-electron chi connectivity index (χ1n) is 12.1. The van der Waals surface area contributed by atoms with Crippen LogP contribution in [0, 0.1) is 0 Å². The minimum Gasteiger partial charge on any atom is -0.543 e. The zero-order valence-electron chi connectivity index (χ0n) is 22.4. The van der Waals surface area contributed by atoms with Gasteiger partial charge in [-0.2, -0.15) is 0 Å². The lowest BCUT2D eigenvalue weighted by Gasteiger charge is -2.37. The molecule has 1 aromatic heterocycles. The van der Waals surface area contributed by atoms with Crippen molar-refractivity contribution in [1.29, 1.82) is 0 Å². The molecule has 0 aliphatic carbocycles. The largest absolute Gasteiger partial charge is 0.543 e. The Balaban J connectivity index is 2.26. The van der Waals surface area contributed by atoms with Crippen LogP contribution in [0.4, 0.5) is 10.6 Å². The molecule has 0 saturated carbocycles. The van der Waals surface area contributed by atoms with Crippen molar-refractivity contribution in [3.63, 3.8) is 0 Å². The fourth-order valence-corrected chi connectivity index (χ4v) is 5.15. The monoisotopic (exact) mass is 488 g/mol. The van der Waals surface area contributed by atoms with E-state index in [9.17, 15) is 9.59 Å². The number of ether oxygens (including phenoxy) is 2. The number of esters is 1. The third-order valence-electron chi connectivity index (χ3n) is 6.80. The summed E-state index contributed by atoms with van der Waals surface area (Å²) < 4.78 is 19.9. The zero-order chi connectivity index (χ0) is 25.6. The van der Waals surface area contributed by atoms with Crippen LogP contribution in [0.1, 0.15) is 66.4 Å². The third kappa shape index (κ3) is 4.83. The molecule has 1 atom stereocenters. The highest BCUT2D eigenvalue weighted by molar-refractivity contribution is 6.74. The second-order valence-corrected chi connectivity index (χ2v) is 16.3. The Morgan fingerprint density at radius 1 is 1.12 bits per heavy atom. The number of nitrogens with zero attached hydrogens (tertiary/aromatic N) is 2. The predicted octanol–water partition coefficient (Wildman–Crippen LogP) is 6.35. The molecule has 1 unspecified atom stereocenters. The molecule has 34 heavy (non-hydrogen) atoms. The van der Waals surface area contributed by atoms with Gasteiger partial charge in [-0.25, -0.2) is 4.79 Å². The first-order valence-corrected chi connectivity index (χ1v) is 15.0. The van der Waals surface area contributed by atoms with Gasteiger partial charge in [-0.3, -0.25) is 9.69 Å². The lowest BCUT2D eigenvalue weighted by atomic mass is 9.90. The van der Waals surface area contributed by atoms with Gasteiger partial charge < -0.3 is 18.5 Å². The fraction of sp³-hybridized carbons (Fsp3) is 0.615. The van der Waals surface area contributed by atoms with E-state index in [2.05, 4.69) is 33.9 Å². The van der Waals surface area contributed by atoms with Gasteiger partial charge >= 0.3 is 12.1 Å². The van der Waals surface area contributed by atoms with Crippen LogP contribution in [0.3, 0.4) is 0 Å². The molecule has 2 heterocycles. The molecule has 7 nitrogen and oxygen atoms in total. The van der Waals surface area contributed by atoms with Gasteiger partial charge in [-0.1, -0.05) is 26.8 Å². The van der Waals surface area contributed by atoms with Gasteiger partial charge in [-0.05, 0) is 64.4 Å². The van der Waals surface area contributed by atoms with Gasteiger partial charge in [0.25, 0.3) is 8.32 Å². The summed E-state index contributed by atoms with van der Waals surface area (Å²) in [6, 6.07) is 5.94. The van der Waals surface area contributed by atoms with Crippen LogP contribution in [-0.2, 0) is 21.3 Å². The summed E-state index contributed by atoms with van der Waals surface area (Å²) in [6.07, 6.45) is 0.0346. The van der Waals surface area contributed by atoms with E-state index in [1.54, 1.807) is 4.90 Å². The van der Waals surface area contributed by atoms with Gasteiger partial charge in [0.1, 0.15) is 17.2 Å². The van der Waals surface area contributed by atoms with E-state index in [0.29, 0.717) is 25.4 Å². The average molecular weight is 489 g/mol. The van der Waals surface area contributed by atoms with Crippen LogP contribution in [-0.4, -0.2) is 43.7 Å². The first kappa shape index (κ1) is 26.1. The predicted molar refractivity (Wildman–Crippen MR) is 138 cm³/mol. The Bertz CT molecular complexity index is 1090. The molecule has 8 heteroatoms. The van der Waals surface area contributed by atoms with Crippen molar-refractivity contribution < 1.29 is 23.5 Å². The average Bonchev–Trinajstić information content (AvgIpc) is 2.99. The number of carbonyl (C=O) groups is 2. The van der Waals surface area contributed by atoms with Crippen molar-refractivity contribution in [1.82, 2.24) is 4.57 Å². The Kier molecular flexibility index (Phi) is 6.87. The zero-order valence-corrected chi connectivity index (χ0v) is 23.4. The van der Waals surface area contributed by atoms with Crippen LogP contribution in [0.5, 0.6) is 5.75 Å². The second-order valence-electron chi connectivity index (χ2n) is 11.5. The number of anilines is 1. The normalized spacial score (nSPS) is 16.9. The SMILES string of the molecule is CCOC(=O)C1CCN(C(=O)OC(C)(C)C)c2c1c1c(O[Si](C)(C)C(C)(C)C)cccc1n2C. The molecule has 0 spiro atoms. The molecular weight excluding hydrogens is 448 g/mol. The van der Waals surface area contributed by atoms with Crippen LogP contribution in [0.2, 0.25) is 18.1 Å². The Hall–Kier alpha value is -2.48. The van der Waals surface area contributed by atoms with Crippen molar-refractivity contribution >= 4 is 37.1 Å². The molecule has 1 aliphatic rings. The molecule has 0 bridgehead atoms. The van der Waals surface area contributed by atoms with Crippen molar-refractivity contribution in [3.8, 4) is 5.75 Å². The number of rotatable bonds is 4. The van der Waals surface area contributed by atoms with E-state index in [-0.39, 0.29) is 11.0 Å². The Morgan fingerprint density at radius 3 is 2.32 bits per heavy atom. The molecule has 0 saturated heterocycles. The topological polar surface area (TPSA) is 70.0 Å². The number of hydrogen-bond acceptors (Lipinski definition) is 5. The maximum atomic E-state index is 13.2. The molecule has 1 aromatic carbocycles. The van der Waals surface area contributed by atoms with Gasteiger partial charge in [0.2, 0.25) is 0 Å². The molecule has 1 aliphatic heterocycles. The van der Waals surface area contributed by atoms with Crippen molar-refractivity contribution in [2.45, 2.75) is 84.5 Å². The number of aryl methyl sites for hydroxylation is 1. The van der Waals surface area contributed by atoms with E-state index in [1.165, 1.54) is 0 Å². The third-order valence-corrected chi connectivity index (χ3v) is 11.1. The first-order chi connectivity index (χ1) is 15.6. The smallest absolute Gasteiger partial charge is 0.415 e. The fourth-order valence-electron chi connectivity index (χ4n) is 4.13. The molecule has 0 N–H and O–H groups in total. The lowest BCUT2D eigenvalue weighted by molar-refractivity contribution is -0.145. The highest BCUT2D eigenvalue weighted by Crippen LogP contribution is 2.48. The maximum Gasteiger partial charge on any atom is 0.415 e. The summed E-state index contributed by atoms with van der Waals surface area (Å²) in [6.45, 7) is 19.0. The molecule has 2 aromatic rings. The number of carbonyl (C=O) groups excluding carboxylic acids is 2. The van der Waals surface area contributed by atoms with Crippen LogP contribution in [0.15, 0.2) is 18.2 Å². The minimum absolute atomic E-state index is 0.00704. The highest BCUT2D eigenvalue weighted by atomic mass is 28.4. The minimum atomic E-state index is -2.16. The molecule has 188 valence electrons. The summed E-state index contributed by atoms with van der Waals surface area (Å²) in [5.74, 6) is 0.657. The van der Waals surface area contributed by atoms with E-state index < -0.39 is 25.9 Å². The number of amides is 1. The second kappa shape index (κ2) is 8.95. The van der Waals surface area contributed by atoms with Crippen LogP contribution < -0.4 is 9.33 Å². The summed E-state index contributed by atoms with van der Waals surface area (Å²) in [7, 11) is -0.246. The summed E-state index contributed by atoms with van der Waals surface area (Å²) in [5, 5.41) is 0.878. The van der Waals surface area contributed by atoms with E-state index in [1.807, 2.05) is 57.5 Å². The standard InChI is InChI=1S/C26H40N2O5Si/c1-11-31-23(29)17-15-16-28(24(30)32-25(2,3)4)22-20(17)21-18(27(22)8)13-12-14-19(21)33-34(9,10)26(5,6)7/h12-14,17H,11,15-16H2,1-10H3.